The fourth-order valence-corrected chi connectivity index (χ4v) is 1.80. The van der Waals surface area contributed by atoms with Gasteiger partial charge in [0.1, 0.15) is 0 Å². The molecule has 1 atom stereocenters. The first kappa shape index (κ1) is 7.45. The minimum Gasteiger partial charge on any atom is -0.206 e. The number of alkyl halides is 3. The van der Waals surface area contributed by atoms with E-state index in [1.165, 1.54) is 0 Å². The van der Waals surface area contributed by atoms with Crippen molar-refractivity contribution in [3.05, 3.63) is 0 Å². The fourth-order valence-electron chi connectivity index (χ4n) is 0.926. The van der Waals surface area contributed by atoms with E-state index in [2.05, 4.69) is 15.9 Å². The molecule has 0 amide bonds. The zero-order valence-corrected chi connectivity index (χ0v) is 6.84. The first-order valence-corrected chi connectivity index (χ1v) is 4.08. The quantitative estimate of drug-likeness (QED) is 0.600. The summed E-state index contributed by atoms with van der Waals surface area (Å²) in [5, 5.41) is 0.680. The molecular weight excluding hydrogens is 190 g/mol. The Morgan fingerprint density at radius 2 is 2.00 bits per heavy atom. The molecule has 0 N–H and O–H groups in total. The maximum absolute atomic E-state index is 12.3. The smallest absolute Gasteiger partial charge is 0.206 e. The van der Waals surface area contributed by atoms with Crippen LogP contribution in [-0.2, 0) is 0 Å². The maximum Gasteiger partial charge on any atom is 0.254 e. The molecule has 1 aliphatic rings. The summed E-state index contributed by atoms with van der Waals surface area (Å²) in [7, 11) is 0. The Morgan fingerprint density at radius 1 is 1.56 bits per heavy atom. The largest absolute Gasteiger partial charge is 0.254 e. The van der Waals surface area contributed by atoms with Crippen molar-refractivity contribution in [2.24, 2.45) is 5.41 Å². The standard InChI is InChI=1S/C6H9BrF2/c1-5(2-3-7)4-6(5,8)9/h2-4H2,1H3. The lowest BCUT2D eigenvalue weighted by Crippen LogP contribution is -2.06. The summed E-state index contributed by atoms with van der Waals surface area (Å²) < 4.78 is 24.7. The van der Waals surface area contributed by atoms with Gasteiger partial charge in [0.05, 0.1) is 0 Å². The van der Waals surface area contributed by atoms with Gasteiger partial charge in [-0.3, -0.25) is 0 Å². The van der Waals surface area contributed by atoms with Crippen molar-refractivity contribution in [2.75, 3.05) is 5.33 Å². The predicted molar refractivity (Wildman–Crippen MR) is 36.1 cm³/mol. The van der Waals surface area contributed by atoms with E-state index in [1.54, 1.807) is 6.92 Å². The Morgan fingerprint density at radius 3 is 2.11 bits per heavy atom. The highest BCUT2D eigenvalue weighted by Gasteiger charge is 2.66. The van der Waals surface area contributed by atoms with Crippen LogP contribution in [0.1, 0.15) is 19.8 Å². The minimum absolute atomic E-state index is 0.0750. The van der Waals surface area contributed by atoms with Crippen LogP contribution in [0.4, 0.5) is 8.78 Å². The minimum atomic E-state index is -2.37. The molecule has 0 aromatic heterocycles. The van der Waals surface area contributed by atoms with Gasteiger partial charge >= 0.3 is 0 Å². The molecule has 0 aromatic carbocycles. The van der Waals surface area contributed by atoms with Crippen LogP contribution in [0.15, 0.2) is 0 Å². The lowest BCUT2D eigenvalue weighted by Gasteiger charge is -2.05. The van der Waals surface area contributed by atoms with Gasteiger partial charge in [-0.1, -0.05) is 22.9 Å². The van der Waals surface area contributed by atoms with Crippen molar-refractivity contribution in [1.29, 1.82) is 0 Å². The molecule has 0 aromatic rings. The average Bonchev–Trinajstić information content (AvgIpc) is 2.07. The second kappa shape index (κ2) is 1.91. The summed E-state index contributed by atoms with van der Waals surface area (Å²) in [6.07, 6.45) is 0.658. The van der Waals surface area contributed by atoms with Crippen molar-refractivity contribution in [2.45, 2.75) is 25.7 Å². The highest BCUT2D eigenvalue weighted by molar-refractivity contribution is 9.09. The van der Waals surface area contributed by atoms with Crippen molar-refractivity contribution in [3.8, 4) is 0 Å². The Balaban J connectivity index is 2.42. The van der Waals surface area contributed by atoms with E-state index >= 15 is 0 Å². The Hall–Kier alpha value is 0.340. The molecule has 0 bridgehead atoms. The van der Waals surface area contributed by atoms with E-state index in [9.17, 15) is 8.78 Å². The zero-order valence-electron chi connectivity index (χ0n) is 5.26. The molecule has 1 unspecified atom stereocenters. The van der Waals surface area contributed by atoms with Crippen LogP contribution in [0.2, 0.25) is 0 Å². The van der Waals surface area contributed by atoms with Gasteiger partial charge < -0.3 is 0 Å². The first-order valence-electron chi connectivity index (χ1n) is 2.96. The van der Waals surface area contributed by atoms with Gasteiger partial charge in [0.15, 0.2) is 0 Å². The van der Waals surface area contributed by atoms with Gasteiger partial charge in [-0.15, -0.1) is 0 Å². The number of halogens is 3. The third-order valence-electron chi connectivity index (χ3n) is 2.02. The summed E-state index contributed by atoms with van der Waals surface area (Å²) in [5.41, 5.74) is -0.684. The monoisotopic (exact) mass is 198 g/mol. The van der Waals surface area contributed by atoms with E-state index in [1.807, 2.05) is 0 Å². The van der Waals surface area contributed by atoms with Gasteiger partial charge in [0.2, 0.25) is 0 Å². The summed E-state index contributed by atoms with van der Waals surface area (Å²) in [4.78, 5) is 0. The molecule has 0 saturated heterocycles. The van der Waals surface area contributed by atoms with Crippen molar-refractivity contribution >= 4 is 15.9 Å². The van der Waals surface area contributed by atoms with E-state index in [0.29, 0.717) is 11.8 Å². The first-order chi connectivity index (χ1) is 4.02. The number of hydrogen-bond donors (Lipinski definition) is 0. The molecule has 0 heterocycles. The molecule has 1 fully saturated rings. The average molecular weight is 199 g/mol. The Bertz CT molecular complexity index is 124. The van der Waals surface area contributed by atoms with Crippen LogP contribution in [0.3, 0.4) is 0 Å². The van der Waals surface area contributed by atoms with Crippen LogP contribution in [0.25, 0.3) is 0 Å². The summed E-state index contributed by atoms with van der Waals surface area (Å²) in [6.45, 7) is 1.63. The fraction of sp³-hybridized carbons (Fsp3) is 1.00. The Labute approximate surface area is 61.8 Å². The lowest BCUT2D eigenvalue weighted by molar-refractivity contribution is 0.0692. The lowest BCUT2D eigenvalue weighted by atomic mass is 10.1. The summed E-state index contributed by atoms with van der Waals surface area (Å²) in [6, 6.07) is 0. The summed E-state index contributed by atoms with van der Waals surface area (Å²) >= 11 is 3.14. The molecule has 0 aliphatic heterocycles. The molecule has 0 nitrogen and oxygen atoms in total. The van der Waals surface area contributed by atoms with Crippen LogP contribution in [0.5, 0.6) is 0 Å². The molecule has 9 heavy (non-hydrogen) atoms. The molecule has 54 valence electrons. The molecule has 3 heteroatoms. The van der Waals surface area contributed by atoms with Gasteiger partial charge in [-0.2, -0.15) is 0 Å². The van der Waals surface area contributed by atoms with Gasteiger partial charge in [0.25, 0.3) is 5.92 Å². The number of rotatable bonds is 2. The molecule has 1 rings (SSSR count). The highest BCUT2D eigenvalue weighted by atomic mass is 79.9. The van der Waals surface area contributed by atoms with Crippen LogP contribution in [0, 0.1) is 5.41 Å². The van der Waals surface area contributed by atoms with Crippen LogP contribution in [-0.4, -0.2) is 11.3 Å². The molecule has 1 saturated carbocycles. The molecular formula is C6H9BrF2. The maximum atomic E-state index is 12.3. The SMILES string of the molecule is CC1(CCBr)CC1(F)F. The van der Waals surface area contributed by atoms with Gasteiger partial charge in [-0.05, 0) is 6.42 Å². The van der Waals surface area contributed by atoms with E-state index < -0.39 is 11.3 Å². The van der Waals surface area contributed by atoms with Gasteiger partial charge in [-0.25, -0.2) is 8.78 Å². The van der Waals surface area contributed by atoms with Crippen molar-refractivity contribution in [1.82, 2.24) is 0 Å². The second-order valence-electron chi connectivity index (χ2n) is 2.88. The van der Waals surface area contributed by atoms with E-state index in [0.717, 1.165) is 0 Å². The highest BCUT2D eigenvalue weighted by Crippen LogP contribution is 2.62. The van der Waals surface area contributed by atoms with Gasteiger partial charge in [0, 0.05) is 17.2 Å². The topological polar surface area (TPSA) is 0 Å². The normalized spacial score (nSPS) is 38.7. The summed E-state index contributed by atoms with van der Waals surface area (Å²) in [5.74, 6) is -2.37. The zero-order chi connectivity index (χ0) is 7.12. The van der Waals surface area contributed by atoms with Crippen LogP contribution < -0.4 is 0 Å². The third kappa shape index (κ3) is 1.11. The molecule has 0 radical (unpaired) electrons. The molecule has 0 spiro atoms. The van der Waals surface area contributed by atoms with Crippen molar-refractivity contribution in [3.63, 3.8) is 0 Å². The van der Waals surface area contributed by atoms with Crippen LogP contribution >= 0.6 is 15.9 Å². The third-order valence-corrected chi connectivity index (χ3v) is 2.41. The van der Waals surface area contributed by atoms with E-state index in [-0.39, 0.29) is 6.42 Å². The molecule has 1 aliphatic carbocycles. The Kier molecular flexibility index (Phi) is 1.58. The number of hydrogen-bond acceptors (Lipinski definition) is 0. The predicted octanol–water partition coefficient (Wildman–Crippen LogP) is 2.82. The van der Waals surface area contributed by atoms with Crippen molar-refractivity contribution < 1.29 is 8.78 Å². The van der Waals surface area contributed by atoms with E-state index in [4.69, 9.17) is 0 Å². The second-order valence-corrected chi connectivity index (χ2v) is 3.67.